The molecule has 29 heavy (non-hydrogen) atoms. The van der Waals surface area contributed by atoms with Crippen molar-refractivity contribution >= 4 is 57.5 Å². The van der Waals surface area contributed by atoms with Gasteiger partial charge in [-0.3, -0.25) is 15.1 Å². The highest BCUT2D eigenvalue weighted by Crippen LogP contribution is 2.33. The third-order valence-corrected chi connectivity index (χ3v) is 6.47. The highest BCUT2D eigenvalue weighted by atomic mass is 35.5. The number of nitrogens with one attached hydrogen (secondary N) is 3. The molecule has 4 rings (SSSR count). The monoisotopic (exact) mass is 446 g/mol. The SMILES string of the molecule is O=C(NCCNc1ccnc2cc(Cl)ccc12)C1CSC(c2ccc(Cl)cc2)N1. The maximum atomic E-state index is 12.5. The van der Waals surface area contributed by atoms with Gasteiger partial charge >= 0.3 is 0 Å². The number of aromatic nitrogens is 1. The molecular formula is C21H20Cl2N4OS. The summed E-state index contributed by atoms with van der Waals surface area (Å²) in [5, 5.41) is 12.2. The molecule has 1 fully saturated rings. The first-order valence-electron chi connectivity index (χ1n) is 9.29. The summed E-state index contributed by atoms with van der Waals surface area (Å²) in [6, 6.07) is 15.1. The molecule has 3 aromatic rings. The number of hydrogen-bond donors (Lipinski definition) is 3. The third kappa shape index (κ3) is 4.95. The Labute approximate surface area is 183 Å². The van der Waals surface area contributed by atoms with Crippen molar-refractivity contribution in [2.75, 3.05) is 24.2 Å². The minimum Gasteiger partial charge on any atom is -0.383 e. The molecule has 8 heteroatoms. The summed E-state index contributed by atoms with van der Waals surface area (Å²) in [6.07, 6.45) is 1.75. The molecule has 0 radical (unpaired) electrons. The van der Waals surface area contributed by atoms with Crippen LogP contribution in [0.25, 0.3) is 10.9 Å². The van der Waals surface area contributed by atoms with Crippen LogP contribution in [0.1, 0.15) is 10.9 Å². The molecule has 0 bridgehead atoms. The van der Waals surface area contributed by atoms with Gasteiger partial charge in [-0.15, -0.1) is 11.8 Å². The number of benzene rings is 2. The first-order valence-corrected chi connectivity index (χ1v) is 11.1. The van der Waals surface area contributed by atoms with Crippen LogP contribution in [0.2, 0.25) is 10.0 Å². The minimum absolute atomic E-state index is 0.0159. The number of amides is 1. The zero-order chi connectivity index (χ0) is 20.2. The lowest BCUT2D eigenvalue weighted by atomic mass is 10.2. The molecule has 5 nitrogen and oxygen atoms in total. The first kappa shape index (κ1) is 20.3. The van der Waals surface area contributed by atoms with E-state index in [4.69, 9.17) is 23.2 Å². The van der Waals surface area contributed by atoms with Gasteiger partial charge in [-0.05, 0) is 42.0 Å². The number of fused-ring (bicyclic) bond motifs is 1. The maximum absolute atomic E-state index is 12.5. The van der Waals surface area contributed by atoms with Crippen molar-refractivity contribution in [2.24, 2.45) is 0 Å². The topological polar surface area (TPSA) is 66.0 Å². The number of carbonyl (C=O) groups excluding carboxylic acids is 1. The zero-order valence-corrected chi connectivity index (χ0v) is 17.8. The molecular weight excluding hydrogens is 427 g/mol. The predicted molar refractivity (Wildman–Crippen MR) is 122 cm³/mol. The number of halogens is 2. The average molecular weight is 447 g/mol. The second-order valence-electron chi connectivity index (χ2n) is 6.72. The van der Waals surface area contributed by atoms with Crippen molar-refractivity contribution in [1.29, 1.82) is 0 Å². The number of anilines is 1. The minimum atomic E-state index is -0.204. The lowest BCUT2D eigenvalue weighted by Crippen LogP contribution is -2.43. The van der Waals surface area contributed by atoms with E-state index in [0.717, 1.165) is 27.9 Å². The Morgan fingerprint density at radius 2 is 1.90 bits per heavy atom. The summed E-state index contributed by atoms with van der Waals surface area (Å²) in [4.78, 5) is 16.8. The van der Waals surface area contributed by atoms with Crippen molar-refractivity contribution in [3.8, 4) is 0 Å². The van der Waals surface area contributed by atoms with E-state index in [-0.39, 0.29) is 17.3 Å². The van der Waals surface area contributed by atoms with Crippen LogP contribution in [-0.2, 0) is 4.79 Å². The van der Waals surface area contributed by atoms with Crippen LogP contribution in [0, 0.1) is 0 Å². The summed E-state index contributed by atoms with van der Waals surface area (Å²) < 4.78 is 0. The first-order chi connectivity index (χ1) is 14.1. The molecule has 0 aliphatic carbocycles. The van der Waals surface area contributed by atoms with E-state index in [9.17, 15) is 4.79 Å². The third-order valence-electron chi connectivity index (χ3n) is 4.72. The van der Waals surface area contributed by atoms with Gasteiger partial charge in [-0.2, -0.15) is 0 Å². The Kier molecular flexibility index (Phi) is 6.45. The molecule has 0 spiro atoms. The van der Waals surface area contributed by atoms with E-state index in [2.05, 4.69) is 20.9 Å². The molecule has 1 amide bonds. The van der Waals surface area contributed by atoms with Gasteiger partial charge in [-0.1, -0.05) is 35.3 Å². The van der Waals surface area contributed by atoms with Gasteiger partial charge in [0.1, 0.15) is 0 Å². The van der Waals surface area contributed by atoms with Gasteiger partial charge in [0.2, 0.25) is 5.91 Å². The molecule has 2 heterocycles. The summed E-state index contributed by atoms with van der Waals surface area (Å²) in [7, 11) is 0. The number of thioether (sulfide) groups is 1. The van der Waals surface area contributed by atoms with Gasteiger partial charge in [0.15, 0.2) is 0 Å². The highest BCUT2D eigenvalue weighted by molar-refractivity contribution is 7.99. The van der Waals surface area contributed by atoms with Crippen LogP contribution in [0.15, 0.2) is 54.7 Å². The molecule has 1 aromatic heterocycles. The van der Waals surface area contributed by atoms with E-state index in [0.29, 0.717) is 23.1 Å². The molecule has 1 aliphatic rings. The molecule has 3 N–H and O–H groups in total. The molecule has 2 atom stereocenters. The molecule has 150 valence electrons. The van der Waals surface area contributed by atoms with Crippen molar-refractivity contribution in [2.45, 2.75) is 11.4 Å². The van der Waals surface area contributed by atoms with Crippen molar-refractivity contribution in [1.82, 2.24) is 15.6 Å². The van der Waals surface area contributed by atoms with Crippen molar-refractivity contribution < 1.29 is 4.79 Å². The summed E-state index contributed by atoms with van der Waals surface area (Å²) >= 11 is 13.7. The quantitative estimate of drug-likeness (QED) is 0.487. The summed E-state index contributed by atoms with van der Waals surface area (Å²) in [5.41, 5.74) is 2.94. The van der Waals surface area contributed by atoms with Crippen LogP contribution in [0.4, 0.5) is 5.69 Å². The summed E-state index contributed by atoms with van der Waals surface area (Å²) in [5.74, 6) is 0.754. The van der Waals surface area contributed by atoms with E-state index in [1.165, 1.54) is 0 Å². The van der Waals surface area contributed by atoms with E-state index < -0.39 is 0 Å². The second-order valence-corrected chi connectivity index (χ2v) is 8.73. The Morgan fingerprint density at radius 3 is 2.72 bits per heavy atom. The normalized spacial score (nSPS) is 18.7. The van der Waals surface area contributed by atoms with Crippen molar-refractivity contribution in [3.63, 3.8) is 0 Å². The Balaban J connectivity index is 1.26. The maximum Gasteiger partial charge on any atom is 0.238 e. The van der Waals surface area contributed by atoms with Crippen LogP contribution in [0.5, 0.6) is 0 Å². The molecule has 1 saturated heterocycles. The van der Waals surface area contributed by atoms with E-state index >= 15 is 0 Å². The van der Waals surface area contributed by atoms with Gasteiger partial charge in [0.25, 0.3) is 0 Å². The zero-order valence-electron chi connectivity index (χ0n) is 15.5. The summed E-state index contributed by atoms with van der Waals surface area (Å²) in [6.45, 7) is 1.15. The highest BCUT2D eigenvalue weighted by Gasteiger charge is 2.30. The fourth-order valence-electron chi connectivity index (χ4n) is 3.23. The van der Waals surface area contributed by atoms with E-state index in [1.807, 2.05) is 48.5 Å². The lowest BCUT2D eigenvalue weighted by molar-refractivity contribution is -0.122. The van der Waals surface area contributed by atoms with E-state index in [1.54, 1.807) is 18.0 Å². The Bertz CT molecular complexity index is 1020. The van der Waals surface area contributed by atoms with Crippen LogP contribution < -0.4 is 16.0 Å². The van der Waals surface area contributed by atoms with Crippen LogP contribution in [-0.4, -0.2) is 35.8 Å². The fraction of sp³-hybridized carbons (Fsp3) is 0.238. The molecule has 0 saturated carbocycles. The largest absolute Gasteiger partial charge is 0.383 e. The lowest BCUT2D eigenvalue weighted by Gasteiger charge is -2.15. The molecule has 1 aliphatic heterocycles. The Morgan fingerprint density at radius 1 is 1.10 bits per heavy atom. The Hall–Kier alpha value is -1.99. The van der Waals surface area contributed by atoms with Gasteiger partial charge < -0.3 is 10.6 Å². The second kappa shape index (κ2) is 9.22. The average Bonchev–Trinajstić information content (AvgIpc) is 3.21. The van der Waals surface area contributed by atoms with Gasteiger partial charge in [0, 0.05) is 46.2 Å². The van der Waals surface area contributed by atoms with Crippen LogP contribution in [0.3, 0.4) is 0 Å². The number of rotatable bonds is 6. The number of nitrogens with zero attached hydrogens (tertiary/aromatic N) is 1. The van der Waals surface area contributed by atoms with Gasteiger partial charge in [0.05, 0.1) is 16.9 Å². The number of pyridine rings is 1. The predicted octanol–water partition coefficient (Wildman–Crippen LogP) is 4.47. The fourth-order valence-corrected chi connectivity index (χ4v) is 4.77. The molecule has 2 unspecified atom stereocenters. The van der Waals surface area contributed by atoms with Crippen LogP contribution >= 0.6 is 35.0 Å². The standard InChI is InChI=1S/C21H20Cl2N4OS/c22-14-3-1-13(2-4-14)21-27-19(12-29-21)20(28)26-10-9-25-17-7-8-24-18-11-15(23)5-6-16(17)18/h1-8,11,19,21,27H,9-10,12H2,(H,24,25)(H,26,28). The number of hydrogen-bond acceptors (Lipinski definition) is 5. The number of carbonyl (C=O) groups is 1. The smallest absolute Gasteiger partial charge is 0.238 e. The van der Waals surface area contributed by atoms with Gasteiger partial charge in [-0.25, -0.2) is 0 Å². The van der Waals surface area contributed by atoms with Crippen molar-refractivity contribution in [3.05, 3.63) is 70.3 Å². The molecule has 2 aromatic carbocycles.